The van der Waals surface area contributed by atoms with Crippen molar-refractivity contribution in [3.8, 4) is 0 Å². The van der Waals surface area contributed by atoms with Crippen LogP contribution in [0.3, 0.4) is 0 Å². The SMILES string of the molecule is Nc1ccccc1NC(=O)/C=C\c1ccc(NCc2cc(F)cc(F)c2)nc1. The van der Waals surface area contributed by atoms with Gasteiger partial charge in [0.05, 0.1) is 11.4 Å². The quantitative estimate of drug-likeness (QED) is 0.442. The molecule has 0 unspecified atom stereocenters. The molecule has 1 amide bonds. The number of pyridine rings is 1. The van der Waals surface area contributed by atoms with E-state index in [1.54, 1.807) is 48.7 Å². The smallest absolute Gasteiger partial charge is 0.248 e. The molecule has 0 aliphatic rings. The summed E-state index contributed by atoms with van der Waals surface area (Å²) in [6.45, 7) is 0.234. The van der Waals surface area contributed by atoms with Gasteiger partial charge in [-0.05, 0) is 53.6 Å². The van der Waals surface area contributed by atoms with Crippen molar-refractivity contribution in [3.63, 3.8) is 0 Å². The molecule has 0 saturated carbocycles. The van der Waals surface area contributed by atoms with Crippen LogP contribution in [0.25, 0.3) is 6.08 Å². The zero-order valence-corrected chi connectivity index (χ0v) is 14.8. The van der Waals surface area contributed by atoms with Crippen LogP contribution in [0.2, 0.25) is 0 Å². The highest BCUT2D eigenvalue weighted by atomic mass is 19.1. The second-order valence-electron chi connectivity index (χ2n) is 6.02. The lowest BCUT2D eigenvalue weighted by Gasteiger charge is -2.07. The Balaban J connectivity index is 1.55. The van der Waals surface area contributed by atoms with E-state index in [1.165, 1.54) is 18.2 Å². The Bertz CT molecular complexity index is 983. The average Bonchev–Trinajstić information content (AvgIpc) is 2.67. The number of benzene rings is 2. The van der Waals surface area contributed by atoms with Gasteiger partial charge in [0.1, 0.15) is 17.5 Å². The minimum atomic E-state index is -0.624. The fourth-order valence-corrected chi connectivity index (χ4v) is 2.47. The van der Waals surface area contributed by atoms with Crippen LogP contribution in [0.5, 0.6) is 0 Å². The molecule has 1 heterocycles. The molecule has 2 aromatic carbocycles. The molecule has 28 heavy (non-hydrogen) atoms. The van der Waals surface area contributed by atoms with Crippen molar-refractivity contribution in [2.45, 2.75) is 6.54 Å². The molecule has 0 aliphatic heterocycles. The van der Waals surface area contributed by atoms with Gasteiger partial charge in [0.15, 0.2) is 0 Å². The molecule has 0 radical (unpaired) electrons. The maximum absolute atomic E-state index is 13.2. The summed E-state index contributed by atoms with van der Waals surface area (Å²) in [4.78, 5) is 16.2. The molecule has 3 aromatic rings. The van der Waals surface area contributed by atoms with Gasteiger partial charge in [-0.1, -0.05) is 12.1 Å². The fourth-order valence-electron chi connectivity index (χ4n) is 2.47. The molecule has 0 aliphatic carbocycles. The summed E-state index contributed by atoms with van der Waals surface area (Å²) in [7, 11) is 0. The van der Waals surface area contributed by atoms with Crippen LogP contribution in [-0.2, 0) is 11.3 Å². The normalized spacial score (nSPS) is 10.8. The lowest BCUT2D eigenvalue weighted by atomic mass is 10.2. The number of rotatable bonds is 6. The number of nitrogens with zero attached hydrogens (tertiary/aromatic N) is 1. The van der Waals surface area contributed by atoms with E-state index in [1.807, 2.05) is 0 Å². The van der Waals surface area contributed by atoms with Gasteiger partial charge in [0.2, 0.25) is 5.91 Å². The van der Waals surface area contributed by atoms with E-state index in [-0.39, 0.29) is 12.5 Å². The number of nitrogen functional groups attached to an aromatic ring is 1. The molecular weight excluding hydrogens is 362 g/mol. The number of anilines is 3. The van der Waals surface area contributed by atoms with E-state index in [2.05, 4.69) is 15.6 Å². The third kappa shape index (κ3) is 5.38. The van der Waals surface area contributed by atoms with E-state index < -0.39 is 11.6 Å². The maximum atomic E-state index is 13.2. The van der Waals surface area contributed by atoms with Crippen molar-refractivity contribution >= 4 is 29.2 Å². The fraction of sp³-hybridized carbons (Fsp3) is 0.0476. The Labute approximate surface area is 160 Å². The van der Waals surface area contributed by atoms with Gasteiger partial charge in [-0.15, -0.1) is 0 Å². The first-order chi connectivity index (χ1) is 13.5. The number of amides is 1. The predicted molar refractivity (Wildman–Crippen MR) is 106 cm³/mol. The van der Waals surface area contributed by atoms with E-state index >= 15 is 0 Å². The van der Waals surface area contributed by atoms with Gasteiger partial charge in [-0.2, -0.15) is 0 Å². The Morgan fingerprint density at radius 1 is 1.07 bits per heavy atom. The molecule has 0 atom stereocenters. The minimum absolute atomic E-state index is 0.234. The topological polar surface area (TPSA) is 80.0 Å². The number of carbonyl (C=O) groups excluding carboxylic acids is 1. The van der Waals surface area contributed by atoms with Crippen LogP contribution in [-0.4, -0.2) is 10.9 Å². The Hall–Kier alpha value is -3.74. The van der Waals surface area contributed by atoms with Gasteiger partial charge in [0.25, 0.3) is 0 Å². The van der Waals surface area contributed by atoms with Crippen molar-refractivity contribution in [1.29, 1.82) is 0 Å². The number of aromatic nitrogens is 1. The first-order valence-corrected chi connectivity index (χ1v) is 8.48. The number of hydrogen-bond donors (Lipinski definition) is 3. The molecule has 0 saturated heterocycles. The number of hydrogen-bond acceptors (Lipinski definition) is 4. The molecule has 0 bridgehead atoms. The number of nitrogens with one attached hydrogen (secondary N) is 2. The monoisotopic (exact) mass is 380 g/mol. The lowest BCUT2D eigenvalue weighted by Crippen LogP contribution is -2.09. The summed E-state index contributed by atoms with van der Waals surface area (Å²) in [6.07, 6.45) is 4.58. The Kier molecular flexibility index (Phi) is 5.96. The molecule has 0 fully saturated rings. The van der Waals surface area contributed by atoms with Gasteiger partial charge in [-0.3, -0.25) is 4.79 Å². The number of halogens is 2. The molecular formula is C21H18F2N4O. The summed E-state index contributed by atoms with van der Waals surface area (Å²) in [5, 5.41) is 5.68. The zero-order chi connectivity index (χ0) is 19.9. The van der Waals surface area contributed by atoms with Crippen LogP contribution in [0, 0.1) is 11.6 Å². The van der Waals surface area contributed by atoms with Gasteiger partial charge < -0.3 is 16.4 Å². The van der Waals surface area contributed by atoms with Crippen LogP contribution in [0.15, 0.2) is 66.9 Å². The van der Waals surface area contributed by atoms with E-state index in [0.29, 0.717) is 22.8 Å². The van der Waals surface area contributed by atoms with E-state index in [9.17, 15) is 13.6 Å². The standard InChI is InChI=1S/C21H18F2N4O/c22-16-9-15(10-17(23)11-16)13-26-20-7-5-14(12-25-20)6-8-21(28)27-19-4-2-1-3-18(19)24/h1-12H,13,24H2,(H,25,26)(H,27,28)/b8-6-. The summed E-state index contributed by atoms with van der Waals surface area (Å²) >= 11 is 0. The summed E-state index contributed by atoms with van der Waals surface area (Å²) in [5.74, 6) is -1.02. The largest absolute Gasteiger partial charge is 0.397 e. The van der Waals surface area contributed by atoms with Gasteiger partial charge in [-0.25, -0.2) is 13.8 Å². The molecule has 7 heteroatoms. The molecule has 0 spiro atoms. The summed E-state index contributed by atoms with van der Waals surface area (Å²) in [5.41, 5.74) is 8.01. The van der Waals surface area contributed by atoms with Crippen LogP contribution in [0.1, 0.15) is 11.1 Å². The third-order valence-electron chi connectivity index (χ3n) is 3.83. The summed E-state index contributed by atoms with van der Waals surface area (Å²) in [6, 6.07) is 13.8. The van der Waals surface area contributed by atoms with Gasteiger partial charge in [0, 0.05) is 24.9 Å². The minimum Gasteiger partial charge on any atom is -0.397 e. The molecule has 142 valence electrons. The number of nitrogens with two attached hydrogens (primary N) is 1. The van der Waals surface area contributed by atoms with Crippen molar-refractivity contribution in [1.82, 2.24) is 4.98 Å². The second kappa shape index (κ2) is 8.77. The van der Waals surface area contributed by atoms with Crippen molar-refractivity contribution < 1.29 is 13.6 Å². The van der Waals surface area contributed by atoms with Gasteiger partial charge >= 0.3 is 0 Å². The van der Waals surface area contributed by atoms with Crippen LogP contribution in [0.4, 0.5) is 26.0 Å². The van der Waals surface area contributed by atoms with Crippen molar-refractivity contribution in [2.75, 3.05) is 16.4 Å². The number of para-hydroxylation sites is 2. The predicted octanol–water partition coefficient (Wildman–Crippen LogP) is 4.21. The Morgan fingerprint density at radius 2 is 1.82 bits per heavy atom. The third-order valence-corrected chi connectivity index (χ3v) is 3.83. The molecule has 3 rings (SSSR count). The molecule has 4 N–H and O–H groups in total. The van der Waals surface area contributed by atoms with E-state index in [4.69, 9.17) is 5.73 Å². The average molecular weight is 380 g/mol. The highest BCUT2D eigenvalue weighted by Gasteiger charge is 2.03. The Morgan fingerprint density at radius 3 is 2.50 bits per heavy atom. The number of carbonyl (C=O) groups is 1. The van der Waals surface area contributed by atoms with Crippen LogP contribution < -0.4 is 16.4 Å². The maximum Gasteiger partial charge on any atom is 0.248 e. The highest BCUT2D eigenvalue weighted by Crippen LogP contribution is 2.17. The lowest BCUT2D eigenvalue weighted by molar-refractivity contribution is -0.111. The molecule has 1 aromatic heterocycles. The first kappa shape index (κ1) is 19.0. The summed E-state index contributed by atoms with van der Waals surface area (Å²) < 4.78 is 26.4. The molecule has 5 nitrogen and oxygen atoms in total. The highest BCUT2D eigenvalue weighted by molar-refractivity contribution is 6.03. The van der Waals surface area contributed by atoms with Crippen LogP contribution >= 0.6 is 0 Å². The van der Waals surface area contributed by atoms with Crippen molar-refractivity contribution in [3.05, 3.63) is 89.6 Å². The zero-order valence-electron chi connectivity index (χ0n) is 14.8. The van der Waals surface area contributed by atoms with Crippen molar-refractivity contribution in [2.24, 2.45) is 0 Å². The second-order valence-corrected chi connectivity index (χ2v) is 6.02. The van der Waals surface area contributed by atoms with E-state index in [0.717, 1.165) is 11.6 Å². The first-order valence-electron chi connectivity index (χ1n) is 8.48.